The lowest BCUT2D eigenvalue weighted by molar-refractivity contribution is -0.167. The lowest BCUT2D eigenvalue weighted by Crippen LogP contribution is -2.30. The van der Waals surface area contributed by atoms with Crippen LogP contribution in [0.15, 0.2) is 36.5 Å². The fraction of sp³-hybridized carbons (Fsp3) is 0.870. The monoisotopic (exact) mass is 1050 g/mol. The maximum absolute atomic E-state index is 12.8. The second-order valence-electron chi connectivity index (χ2n) is 22.7. The van der Waals surface area contributed by atoms with Gasteiger partial charge in [0.05, 0.1) is 0 Å². The van der Waals surface area contributed by atoms with Gasteiger partial charge in [-0.05, 0) is 51.4 Å². The van der Waals surface area contributed by atoms with Crippen molar-refractivity contribution in [2.75, 3.05) is 13.2 Å². The first-order valence-electron chi connectivity index (χ1n) is 33.5. The van der Waals surface area contributed by atoms with Crippen molar-refractivity contribution >= 4 is 17.9 Å². The van der Waals surface area contributed by atoms with E-state index < -0.39 is 6.10 Å². The molecular formula is C69H128O6. The minimum Gasteiger partial charge on any atom is -0.462 e. The third-order valence-corrected chi connectivity index (χ3v) is 15.2. The van der Waals surface area contributed by atoms with Gasteiger partial charge in [0.15, 0.2) is 6.10 Å². The average molecular weight is 1050 g/mol. The van der Waals surface area contributed by atoms with Crippen LogP contribution in [0.25, 0.3) is 0 Å². The Bertz CT molecular complexity index is 1250. The lowest BCUT2D eigenvalue weighted by Gasteiger charge is -2.18. The molecule has 0 aromatic rings. The molecule has 0 saturated carbocycles. The summed E-state index contributed by atoms with van der Waals surface area (Å²) in [7, 11) is 0. The molecule has 0 radical (unpaired) electrons. The van der Waals surface area contributed by atoms with Crippen LogP contribution in [0.3, 0.4) is 0 Å². The van der Waals surface area contributed by atoms with Crippen molar-refractivity contribution in [3.05, 3.63) is 36.5 Å². The summed E-state index contributed by atoms with van der Waals surface area (Å²) in [4.78, 5) is 38.1. The predicted octanol–water partition coefficient (Wildman–Crippen LogP) is 22.8. The molecule has 0 spiro atoms. The van der Waals surface area contributed by atoms with E-state index in [1.807, 2.05) is 0 Å². The molecule has 0 aliphatic carbocycles. The second-order valence-corrected chi connectivity index (χ2v) is 22.7. The van der Waals surface area contributed by atoms with Gasteiger partial charge in [0.1, 0.15) is 13.2 Å². The first kappa shape index (κ1) is 72.6. The summed E-state index contributed by atoms with van der Waals surface area (Å²) >= 11 is 0. The van der Waals surface area contributed by atoms with Crippen LogP contribution in [0.5, 0.6) is 0 Å². The van der Waals surface area contributed by atoms with E-state index in [0.29, 0.717) is 19.3 Å². The normalized spacial score (nSPS) is 12.2. The number of allylic oxidation sites excluding steroid dienone is 6. The number of hydrogen-bond donors (Lipinski definition) is 0. The molecule has 0 aromatic carbocycles. The Morgan fingerprint density at radius 2 is 0.520 bits per heavy atom. The summed E-state index contributed by atoms with van der Waals surface area (Å²) in [5.41, 5.74) is 0. The summed E-state index contributed by atoms with van der Waals surface area (Å²) in [5.74, 6) is -0.865. The van der Waals surface area contributed by atoms with Gasteiger partial charge in [-0.2, -0.15) is 0 Å². The molecule has 1 unspecified atom stereocenters. The zero-order valence-electron chi connectivity index (χ0n) is 50.6. The summed E-state index contributed by atoms with van der Waals surface area (Å²) < 4.78 is 16.9. The van der Waals surface area contributed by atoms with Crippen molar-refractivity contribution in [3.8, 4) is 0 Å². The maximum Gasteiger partial charge on any atom is 0.306 e. The average Bonchev–Trinajstić information content (AvgIpc) is 3.41. The largest absolute Gasteiger partial charge is 0.462 e. The number of unbranched alkanes of at least 4 members (excludes halogenated alkanes) is 45. The lowest BCUT2D eigenvalue weighted by atomic mass is 10.0. The molecule has 0 aliphatic rings. The fourth-order valence-corrected chi connectivity index (χ4v) is 10.2. The molecule has 0 saturated heterocycles. The van der Waals surface area contributed by atoms with E-state index in [0.717, 1.165) is 83.5 Å². The van der Waals surface area contributed by atoms with Crippen LogP contribution in [0.4, 0.5) is 0 Å². The zero-order valence-corrected chi connectivity index (χ0v) is 50.6. The van der Waals surface area contributed by atoms with Crippen molar-refractivity contribution in [2.24, 2.45) is 0 Å². The van der Waals surface area contributed by atoms with E-state index >= 15 is 0 Å². The third-order valence-electron chi connectivity index (χ3n) is 15.2. The van der Waals surface area contributed by atoms with Crippen LogP contribution in [0.1, 0.15) is 367 Å². The molecule has 0 aliphatic heterocycles. The van der Waals surface area contributed by atoms with Crippen LogP contribution < -0.4 is 0 Å². The molecule has 0 N–H and O–H groups in total. The predicted molar refractivity (Wildman–Crippen MR) is 326 cm³/mol. The third kappa shape index (κ3) is 62.4. The topological polar surface area (TPSA) is 78.9 Å². The highest BCUT2D eigenvalue weighted by Crippen LogP contribution is 2.18. The minimum atomic E-state index is -0.773. The number of carbonyl (C=O) groups excluding carboxylic acids is 3. The van der Waals surface area contributed by atoms with Crippen LogP contribution in [0, 0.1) is 0 Å². The fourth-order valence-electron chi connectivity index (χ4n) is 10.2. The first-order valence-corrected chi connectivity index (χ1v) is 33.5. The number of ether oxygens (including phenoxy) is 3. The summed E-state index contributed by atoms with van der Waals surface area (Å²) in [6.07, 6.45) is 79.2. The van der Waals surface area contributed by atoms with Crippen molar-refractivity contribution in [1.82, 2.24) is 0 Å². The highest BCUT2D eigenvalue weighted by atomic mass is 16.6. The molecule has 0 amide bonds. The van der Waals surface area contributed by atoms with Gasteiger partial charge in [-0.1, -0.05) is 333 Å². The Labute approximate surface area is 467 Å². The number of hydrogen-bond acceptors (Lipinski definition) is 6. The van der Waals surface area contributed by atoms with Gasteiger partial charge in [-0.3, -0.25) is 14.4 Å². The number of rotatable bonds is 62. The molecule has 0 fully saturated rings. The minimum absolute atomic E-state index is 0.0716. The van der Waals surface area contributed by atoms with Crippen LogP contribution in [-0.4, -0.2) is 37.2 Å². The molecule has 0 heterocycles. The van der Waals surface area contributed by atoms with E-state index in [9.17, 15) is 14.4 Å². The van der Waals surface area contributed by atoms with Crippen molar-refractivity contribution in [3.63, 3.8) is 0 Å². The van der Waals surface area contributed by atoms with E-state index in [1.165, 1.54) is 244 Å². The van der Waals surface area contributed by atoms with Crippen molar-refractivity contribution in [2.45, 2.75) is 374 Å². The molecule has 0 bridgehead atoms. The molecule has 1 atom stereocenters. The molecule has 0 rings (SSSR count). The molecule has 75 heavy (non-hydrogen) atoms. The van der Waals surface area contributed by atoms with Gasteiger partial charge in [0.2, 0.25) is 0 Å². The molecule has 0 aromatic heterocycles. The van der Waals surface area contributed by atoms with E-state index in [-0.39, 0.29) is 31.1 Å². The highest BCUT2D eigenvalue weighted by molar-refractivity contribution is 5.71. The van der Waals surface area contributed by atoms with Crippen LogP contribution in [-0.2, 0) is 28.6 Å². The molecule has 440 valence electrons. The first-order chi connectivity index (χ1) is 37.0. The SMILES string of the molecule is CC/C=C\C/C=C\C/C=C\CCCCCCCCCC(=O)OC(COC(=O)CCCCCCCCCC)COC(=O)CCCCCCCCCCCCCCCCCCCCCCCCCCCCCCCCCC. The Morgan fingerprint density at radius 3 is 0.813 bits per heavy atom. The standard InChI is InChI=1S/C69H128O6/c1-4-7-10-13-16-19-21-23-25-27-28-29-30-31-32-33-34-35-36-37-38-39-40-41-43-44-46-48-50-53-56-59-62-68(71)74-65-66(64-73-67(70)61-58-55-52-18-15-12-9-6-3)75-69(72)63-60-57-54-51-49-47-45-42-26-24-22-20-17-14-11-8-5-2/h8,11,17,20,24,26,66H,4-7,9-10,12-16,18-19,21-23,25,27-65H2,1-3H3/b11-8-,20-17-,26-24-. The Hall–Kier alpha value is -2.37. The second kappa shape index (κ2) is 64.2. The Morgan fingerprint density at radius 1 is 0.280 bits per heavy atom. The van der Waals surface area contributed by atoms with E-state index in [2.05, 4.69) is 57.2 Å². The van der Waals surface area contributed by atoms with Gasteiger partial charge in [0, 0.05) is 19.3 Å². The summed E-state index contributed by atoms with van der Waals surface area (Å²) in [6.45, 7) is 6.55. The number of carbonyl (C=O) groups is 3. The zero-order chi connectivity index (χ0) is 54.3. The maximum atomic E-state index is 12.8. The quantitative estimate of drug-likeness (QED) is 0.0261. The van der Waals surface area contributed by atoms with Crippen LogP contribution in [0.2, 0.25) is 0 Å². The van der Waals surface area contributed by atoms with E-state index in [1.54, 1.807) is 0 Å². The van der Waals surface area contributed by atoms with Gasteiger partial charge < -0.3 is 14.2 Å². The van der Waals surface area contributed by atoms with Gasteiger partial charge in [0.25, 0.3) is 0 Å². The Balaban J connectivity index is 3.99. The van der Waals surface area contributed by atoms with Crippen LogP contribution >= 0.6 is 0 Å². The molecule has 6 nitrogen and oxygen atoms in total. The van der Waals surface area contributed by atoms with Crippen molar-refractivity contribution in [1.29, 1.82) is 0 Å². The molecule has 6 heteroatoms. The van der Waals surface area contributed by atoms with Crippen molar-refractivity contribution < 1.29 is 28.6 Å². The molecular weight excluding hydrogens is 925 g/mol. The number of esters is 3. The summed E-state index contributed by atoms with van der Waals surface area (Å²) in [6, 6.07) is 0. The highest BCUT2D eigenvalue weighted by Gasteiger charge is 2.19. The van der Waals surface area contributed by atoms with Gasteiger partial charge in [-0.25, -0.2) is 0 Å². The van der Waals surface area contributed by atoms with E-state index in [4.69, 9.17) is 14.2 Å². The van der Waals surface area contributed by atoms with Gasteiger partial charge >= 0.3 is 17.9 Å². The van der Waals surface area contributed by atoms with Gasteiger partial charge in [-0.15, -0.1) is 0 Å². The summed E-state index contributed by atoms with van der Waals surface area (Å²) in [5, 5.41) is 0. The Kier molecular flexibility index (Phi) is 62.1. The smallest absolute Gasteiger partial charge is 0.306 e.